The minimum atomic E-state index is 0.136. The first-order valence-corrected chi connectivity index (χ1v) is 9.42. The predicted octanol–water partition coefficient (Wildman–Crippen LogP) is 1.34. The number of ether oxygens (including phenoxy) is 1. The number of amides is 1. The second kappa shape index (κ2) is 7.37. The molecule has 2 aliphatic heterocycles. The molecule has 2 aromatic rings. The van der Waals surface area contributed by atoms with Gasteiger partial charge in [0.05, 0.1) is 30.0 Å². The van der Waals surface area contributed by atoms with Crippen LogP contribution in [0.4, 0.5) is 11.5 Å². The van der Waals surface area contributed by atoms with Crippen molar-refractivity contribution in [2.75, 3.05) is 62.3 Å². The van der Waals surface area contributed by atoms with E-state index in [1.807, 2.05) is 22.4 Å². The number of hydrogen-bond donors (Lipinski definition) is 0. The van der Waals surface area contributed by atoms with Gasteiger partial charge in [0.2, 0.25) is 0 Å². The summed E-state index contributed by atoms with van der Waals surface area (Å²) in [6.45, 7) is 6.24. The Morgan fingerprint density at radius 2 is 1.88 bits per heavy atom. The molecular formula is C17H21N5O2S. The van der Waals surface area contributed by atoms with Crippen molar-refractivity contribution in [2.24, 2.45) is 0 Å². The SMILES string of the molecule is O=C(c1cccs1)N1CCN(c2cnnc(N3CCOCC3)c2)CC1. The van der Waals surface area contributed by atoms with Gasteiger partial charge < -0.3 is 19.4 Å². The van der Waals surface area contributed by atoms with Crippen LogP contribution in [0.1, 0.15) is 9.67 Å². The van der Waals surface area contributed by atoms with E-state index in [-0.39, 0.29) is 5.91 Å². The molecule has 4 heterocycles. The van der Waals surface area contributed by atoms with Gasteiger partial charge >= 0.3 is 0 Å². The first-order valence-electron chi connectivity index (χ1n) is 8.54. The van der Waals surface area contributed by atoms with Crippen LogP contribution >= 0.6 is 11.3 Å². The molecule has 132 valence electrons. The van der Waals surface area contributed by atoms with E-state index in [9.17, 15) is 4.79 Å². The molecule has 0 N–H and O–H groups in total. The van der Waals surface area contributed by atoms with E-state index in [4.69, 9.17) is 4.74 Å². The number of carbonyl (C=O) groups excluding carboxylic acids is 1. The molecule has 7 nitrogen and oxygen atoms in total. The molecule has 2 aliphatic rings. The summed E-state index contributed by atoms with van der Waals surface area (Å²) in [6.07, 6.45) is 1.81. The lowest BCUT2D eigenvalue weighted by molar-refractivity contribution is 0.0751. The van der Waals surface area contributed by atoms with Crippen LogP contribution in [0.25, 0.3) is 0 Å². The molecule has 0 aromatic carbocycles. The lowest BCUT2D eigenvalue weighted by Gasteiger charge is -2.36. The molecular weight excluding hydrogens is 338 g/mol. The van der Waals surface area contributed by atoms with E-state index < -0.39 is 0 Å². The van der Waals surface area contributed by atoms with Crippen LogP contribution < -0.4 is 9.80 Å². The van der Waals surface area contributed by atoms with Gasteiger partial charge in [-0.05, 0) is 11.4 Å². The first-order chi connectivity index (χ1) is 12.3. The van der Waals surface area contributed by atoms with Crippen molar-refractivity contribution in [3.05, 3.63) is 34.7 Å². The number of nitrogens with zero attached hydrogens (tertiary/aromatic N) is 5. The number of morpholine rings is 1. The quantitative estimate of drug-likeness (QED) is 0.824. The molecule has 0 radical (unpaired) electrons. The molecule has 1 amide bonds. The number of thiophene rings is 1. The largest absolute Gasteiger partial charge is 0.378 e. The Kier molecular flexibility index (Phi) is 4.80. The van der Waals surface area contributed by atoms with E-state index >= 15 is 0 Å². The van der Waals surface area contributed by atoms with Gasteiger partial charge in [-0.15, -0.1) is 16.4 Å². The van der Waals surface area contributed by atoms with Gasteiger partial charge in [0, 0.05) is 45.3 Å². The molecule has 0 saturated carbocycles. The van der Waals surface area contributed by atoms with E-state index in [1.54, 1.807) is 6.20 Å². The van der Waals surface area contributed by atoms with Crippen molar-refractivity contribution in [1.29, 1.82) is 0 Å². The number of hydrogen-bond acceptors (Lipinski definition) is 7. The Balaban J connectivity index is 1.40. The van der Waals surface area contributed by atoms with Gasteiger partial charge in [0.15, 0.2) is 5.82 Å². The molecule has 25 heavy (non-hydrogen) atoms. The third-order valence-electron chi connectivity index (χ3n) is 4.63. The van der Waals surface area contributed by atoms with Crippen LogP contribution in [0.2, 0.25) is 0 Å². The van der Waals surface area contributed by atoms with Crippen molar-refractivity contribution in [3.8, 4) is 0 Å². The Labute approximate surface area is 150 Å². The molecule has 0 unspecified atom stereocenters. The topological polar surface area (TPSA) is 61.8 Å². The average molecular weight is 359 g/mol. The number of carbonyl (C=O) groups is 1. The second-order valence-electron chi connectivity index (χ2n) is 6.13. The molecule has 2 saturated heterocycles. The van der Waals surface area contributed by atoms with Gasteiger partial charge in [-0.25, -0.2) is 0 Å². The normalized spacial score (nSPS) is 18.5. The fourth-order valence-corrected chi connectivity index (χ4v) is 3.88. The van der Waals surface area contributed by atoms with Gasteiger partial charge in [0.1, 0.15) is 0 Å². The van der Waals surface area contributed by atoms with Gasteiger partial charge in [-0.3, -0.25) is 4.79 Å². The fourth-order valence-electron chi connectivity index (χ4n) is 3.19. The third kappa shape index (κ3) is 3.59. The van der Waals surface area contributed by atoms with Gasteiger partial charge in [-0.2, -0.15) is 5.10 Å². The van der Waals surface area contributed by atoms with E-state index in [0.29, 0.717) is 0 Å². The van der Waals surface area contributed by atoms with Crippen LogP contribution in [0.5, 0.6) is 0 Å². The maximum atomic E-state index is 12.4. The van der Waals surface area contributed by atoms with Crippen molar-refractivity contribution < 1.29 is 9.53 Å². The van der Waals surface area contributed by atoms with Crippen molar-refractivity contribution in [1.82, 2.24) is 15.1 Å². The summed E-state index contributed by atoms with van der Waals surface area (Å²) in [6, 6.07) is 5.90. The van der Waals surface area contributed by atoms with Crippen molar-refractivity contribution in [2.45, 2.75) is 0 Å². The molecule has 0 aliphatic carbocycles. The highest BCUT2D eigenvalue weighted by Gasteiger charge is 2.23. The Bertz CT molecular complexity index is 710. The standard InChI is InChI=1S/C17H21N5O2S/c23-17(15-2-1-11-25-15)22-5-3-20(4-6-22)14-12-16(19-18-13-14)21-7-9-24-10-8-21/h1-2,11-13H,3-10H2. The maximum absolute atomic E-state index is 12.4. The second-order valence-corrected chi connectivity index (χ2v) is 7.08. The summed E-state index contributed by atoms with van der Waals surface area (Å²) in [4.78, 5) is 19.7. The minimum absolute atomic E-state index is 0.136. The zero-order valence-electron chi connectivity index (χ0n) is 14.0. The lowest BCUT2D eigenvalue weighted by atomic mass is 10.2. The molecule has 0 atom stereocenters. The molecule has 8 heteroatoms. The predicted molar refractivity (Wildman–Crippen MR) is 97.5 cm³/mol. The zero-order valence-corrected chi connectivity index (χ0v) is 14.8. The summed E-state index contributed by atoms with van der Waals surface area (Å²) in [5.74, 6) is 1.04. The summed E-state index contributed by atoms with van der Waals surface area (Å²) < 4.78 is 5.40. The first kappa shape index (κ1) is 16.3. The molecule has 0 bridgehead atoms. The minimum Gasteiger partial charge on any atom is -0.378 e. The van der Waals surface area contributed by atoms with Crippen LogP contribution in [0, 0.1) is 0 Å². The Morgan fingerprint density at radius 3 is 2.60 bits per heavy atom. The summed E-state index contributed by atoms with van der Waals surface area (Å²) in [5, 5.41) is 10.4. The van der Waals surface area contributed by atoms with Crippen LogP contribution in [0.15, 0.2) is 29.8 Å². The highest BCUT2D eigenvalue weighted by atomic mass is 32.1. The molecule has 4 rings (SSSR count). The smallest absolute Gasteiger partial charge is 0.264 e. The number of piperazine rings is 1. The van der Waals surface area contributed by atoms with Crippen molar-refractivity contribution in [3.63, 3.8) is 0 Å². The van der Waals surface area contributed by atoms with E-state index in [0.717, 1.165) is 68.9 Å². The number of aromatic nitrogens is 2. The molecule has 0 spiro atoms. The zero-order chi connectivity index (χ0) is 17.1. The molecule has 2 fully saturated rings. The highest BCUT2D eigenvalue weighted by molar-refractivity contribution is 7.12. The highest BCUT2D eigenvalue weighted by Crippen LogP contribution is 2.22. The Morgan fingerprint density at radius 1 is 1.08 bits per heavy atom. The van der Waals surface area contributed by atoms with Crippen LogP contribution in [-0.4, -0.2) is 73.5 Å². The van der Waals surface area contributed by atoms with E-state index in [2.05, 4.69) is 26.1 Å². The van der Waals surface area contributed by atoms with Gasteiger partial charge in [0.25, 0.3) is 5.91 Å². The number of anilines is 2. The summed E-state index contributed by atoms with van der Waals surface area (Å²) in [7, 11) is 0. The van der Waals surface area contributed by atoms with Crippen LogP contribution in [0.3, 0.4) is 0 Å². The van der Waals surface area contributed by atoms with Gasteiger partial charge in [-0.1, -0.05) is 6.07 Å². The fraction of sp³-hybridized carbons (Fsp3) is 0.471. The molecule has 2 aromatic heterocycles. The lowest BCUT2D eigenvalue weighted by Crippen LogP contribution is -2.48. The van der Waals surface area contributed by atoms with Crippen LogP contribution in [-0.2, 0) is 4.74 Å². The van der Waals surface area contributed by atoms with E-state index in [1.165, 1.54) is 11.3 Å². The third-order valence-corrected chi connectivity index (χ3v) is 5.48. The maximum Gasteiger partial charge on any atom is 0.264 e. The average Bonchev–Trinajstić information content (AvgIpc) is 3.23. The monoisotopic (exact) mass is 359 g/mol. The van der Waals surface area contributed by atoms with Crippen molar-refractivity contribution >= 4 is 28.7 Å². The Hall–Kier alpha value is -2.19. The summed E-state index contributed by atoms with van der Waals surface area (Å²) in [5.41, 5.74) is 1.07. The summed E-state index contributed by atoms with van der Waals surface area (Å²) >= 11 is 1.50. The number of rotatable bonds is 3.